The smallest absolute Gasteiger partial charge is 0.271 e. The fourth-order valence-corrected chi connectivity index (χ4v) is 5.57. The summed E-state index contributed by atoms with van der Waals surface area (Å²) in [6.07, 6.45) is 5.74. The van der Waals surface area contributed by atoms with Crippen molar-refractivity contribution in [2.45, 2.75) is 20.8 Å². The first-order valence-corrected chi connectivity index (χ1v) is 13.8. The van der Waals surface area contributed by atoms with Gasteiger partial charge in [0, 0.05) is 46.6 Å². The summed E-state index contributed by atoms with van der Waals surface area (Å²) in [6.45, 7) is 9.23. The van der Waals surface area contributed by atoms with Crippen molar-refractivity contribution in [3.05, 3.63) is 105 Å². The van der Waals surface area contributed by atoms with Crippen LogP contribution in [0.4, 0.5) is 11.4 Å². The standard InChI is InChI=1S/C31H32N4O3S/c1-20(11-12-21(2)35-13-15-38-16-14-35)33-27-17-24(19-32-30(27)36)25-8-6-9-26(22(25)3)34-31(37)29-18-23-7-4-5-10-28(23)39-29/h4-12,17-19,33H,13-16H2,1-3H3,(H,32,36)(H,34,37)/b20-11+,21-12+. The molecule has 0 saturated carbocycles. The van der Waals surface area contributed by atoms with E-state index in [2.05, 4.69) is 33.5 Å². The molecule has 5 rings (SSSR count). The molecule has 8 heteroatoms. The van der Waals surface area contributed by atoms with Gasteiger partial charge in [-0.05, 0) is 73.7 Å². The number of pyridine rings is 1. The number of carbonyl (C=O) groups excluding carboxylic acids is 1. The number of aromatic nitrogens is 1. The predicted octanol–water partition coefficient (Wildman–Crippen LogP) is 6.37. The van der Waals surface area contributed by atoms with Gasteiger partial charge in [0.05, 0.1) is 18.1 Å². The van der Waals surface area contributed by atoms with E-state index in [4.69, 9.17) is 4.74 Å². The Labute approximate surface area is 231 Å². The van der Waals surface area contributed by atoms with E-state index in [1.165, 1.54) is 11.3 Å². The Morgan fingerprint density at radius 1 is 1.00 bits per heavy atom. The van der Waals surface area contributed by atoms with Gasteiger partial charge in [0.15, 0.2) is 0 Å². The summed E-state index contributed by atoms with van der Waals surface area (Å²) in [5.74, 6) is -0.138. The van der Waals surface area contributed by atoms with Crippen LogP contribution < -0.4 is 16.2 Å². The number of fused-ring (bicyclic) bond motifs is 1. The molecule has 7 nitrogen and oxygen atoms in total. The predicted molar refractivity (Wildman–Crippen MR) is 161 cm³/mol. The zero-order valence-electron chi connectivity index (χ0n) is 22.3. The zero-order chi connectivity index (χ0) is 27.4. The maximum atomic E-state index is 13.0. The van der Waals surface area contributed by atoms with Crippen LogP contribution in [0.25, 0.3) is 21.2 Å². The van der Waals surface area contributed by atoms with E-state index in [9.17, 15) is 9.59 Å². The first-order valence-electron chi connectivity index (χ1n) is 13.0. The first kappa shape index (κ1) is 26.5. The van der Waals surface area contributed by atoms with E-state index in [-0.39, 0.29) is 11.5 Å². The lowest BCUT2D eigenvalue weighted by atomic mass is 10.00. The number of benzene rings is 2. The van der Waals surface area contributed by atoms with Crippen molar-refractivity contribution >= 4 is 38.7 Å². The van der Waals surface area contributed by atoms with Crippen molar-refractivity contribution in [2.24, 2.45) is 0 Å². The average Bonchev–Trinajstić information content (AvgIpc) is 3.39. The van der Waals surface area contributed by atoms with Crippen LogP contribution in [-0.2, 0) is 4.74 Å². The SMILES string of the molecule is C/C(=C\C=C(/C)N1CCOCC1)Nc1cc(-c2cccc(NC(=O)c3cc4ccccc4s3)c2C)c[nH]c1=O. The van der Waals surface area contributed by atoms with Crippen LogP contribution in [0.3, 0.4) is 0 Å². The third kappa shape index (κ3) is 6.13. The van der Waals surface area contributed by atoms with Crippen molar-refractivity contribution in [1.82, 2.24) is 9.88 Å². The Hall–Kier alpha value is -4.14. The topological polar surface area (TPSA) is 86.5 Å². The van der Waals surface area contributed by atoms with Gasteiger partial charge in [0.2, 0.25) is 0 Å². The molecular weight excluding hydrogens is 508 g/mol. The molecule has 2 aromatic heterocycles. The van der Waals surface area contributed by atoms with Crippen molar-refractivity contribution in [2.75, 3.05) is 36.9 Å². The molecule has 3 heterocycles. The summed E-state index contributed by atoms with van der Waals surface area (Å²) in [5.41, 5.74) is 5.69. The highest BCUT2D eigenvalue weighted by molar-refractivity contribution is 7.20. The summed E-state index contributed by atoms with van der Waals surface area (Å²) in [5, 5.41) is 7.36. The molecule has 0 atom stereocenters. The number of rotatable bonds is 7. The molecule has 0 spiro atoms. The number of nitrogens with one attached hydrogen (secondary N) is 3. The lowest BCUT2D eigenvalue weighted by molar-refractivity contribution is 0.0537. The number of morpholine rings is 1. The molecule has 39 heavy (non-hydrogen) atoms. The second-order valence-corrected chi connectivity index (χ2v) is 10.7. The quantitative estimate of drug-likeness (QED) is 0.237. The normalized spacial score (nSPS) is 14.5. The van der Waals surface area contributed by atoms with Crippen molar-refractivity contribution < 1.29 is 9.53 Å². The molecule has 1 saturated heterocycles. The fourth-order valence-electron chi connectivity index (χ4n) is 4.61. The number of thiophene rings is 1. The molecule has 0 aliphatic carbocycles. The highest BCUT2D eigenvalue weighted by atomic mass is 32.1. The number of H-pyrrole nitrogens is 1. The van der Waals surface area contributed by atoms with Gasteiger partial charge in [-0.15, -0.1) is 11.3 Å². The minimum Gasteiger partial charge on any atom is -0.378 e. The second-order valence-electron chi connectivity index (χ2n) is 9.59. The molecule has 1 aliphatic heterocycles. The number of hydrogen-bond acceptors (Lipinski definition) is 6. The van der Waals surface area contributed by atoms with Gasteiger partial charge in [-0.25, -0.2) is 0 Å². The van der Waals surface area contributed by atoms with Gasteiger partial charge in [-0.2, -0.15) is 0 Å². The molecule has 2 aromatic carbocycles. The van der Waals surface area contributed by atoms with E-state index in [0.29, 0.717) is 10.6 Å². The number of allylic oxidation sites excluding steroid dienone is 4. The van der Waals surface area contributed by atoms with Gasteiger partial charge in [-0.1, -0.05) is 30.3 Å². The van der Waals surface area contributed by atoms with Crippen LogP contribution in [0, 0.1) is 6.92 Å². The van der Waals surface area contributed by atoms with Crippen LogP contribution in [-0.4, -0.2) is 42.1 Å². The Balaban J connectivity index is 1.34. The summed E-state index contributed by atoms with van der Waals surface area (Å²) < 4.78 is 6.51. The van der Waals surface area contributed by atoms with E-state index in [0.717, 1.165) is 70.2 Å². The third-order valence-corrected chi connectivity index (χ3v) is 7.98. The van der Waals surface area contributed by atoms with Crippen LogP contribution in [0.1, 0.15) is 29.1 Å². The molecule has 0 unspecified atom stereocenters. The molecular formula is C31H32N4O3S. The highest BCUT2D eigenvalue weighted by Crippen LogP contribution is 2.31. The largest absolute Gasteiger partial charge is 0.378 e. The highest BCUT2D eigenvalue weighted by Gasteiger charge is 2.14. The molecule has 200 valence electrons. The number of ether oxygens (including phenoxy) is 1. The Kier molecular flexibility index (Phi) is 7.95. The van der Waals surface area contributed by atoms with Crippen LogP contribution >= 0.6 is 11.3 Å². The summed E-state index contributed by atoms with van der Waals surface area (Å²) >= 11 is 1.48. The number of anilines is 2. The number of hydrogen-bond donors (Lipinski definition) is 3. The van der Waals surface area contributed by atoms with E-state index in [1.807, 2.05) is 74.5 Å². The molecule has 4 aromatic rings. The molecule has 0 bridgehead atoms. The number of carbonyl (C=O) groups is 1. The van der Waals surface area contributed by atoms with Crippen LogP contribution in [0.2, 0.25) is 0 Å². The lowest BCUT2D eigenvalue weighted by Gasteiger charge is -2.29. The van der Waals surface area contributed by atoms with Crippen molar-refractivity contribution in [3.8, 4) is 11.1 Å². The maximum absolute atomic E-state index is 13.0. The molecule has 1 fully saturated rings. The van der Waals surface area contributed by atoms with E-state index < -0.39 is 0 Å². The van der Waals surface area contributed by atoms with Gasteiger partial charge in [0.1, 0.15) is 5.69 Å². The number of nitrogens with zero attached hydrogens (tertiary/aromatic N) is 1. The molecule has 3 N–H and O–H groups in total. The van der Waals surface area contributed by atoms with Crippen molar-refractivity contribution in [3.63, 3.8) is 0 Å². The Bertz CT molecular complexity index is 1590. The zero-order valence-corrected chi connectivity index (χ0v) is 23.2. The van der Waals surface area contributed by atoms with Gasteiger partial charge < -0.3 is 25.3 Å². The van der Waals surface area contributed by atoms with Crippen molar-refractivity contribution in [1.29, 1.82) is 0 Å². The molecule has 0 radical (unpaired) electrons. The maximum Gasteiger partial charge on any atom is 0.271 e. The summed E-state index contributed by atoms with van der Waals surface area (Å²) in [7, 11) is 0. The minimum absolute atomic E-state index is 0.138. The minimum atomic E-state index is -0.202. The Morgan fingerprint density at radius 3 is 2.59 bits per heavy atom. The van der Waals surface area contributed by atoms with E-state index >= 15 is 0 Å². The Morgan fingerprint density at radius 2 is 1.79 bits per heavy atom. The average molecular weight is 541 g/mol. The fraction of sp³-hybridized carbons (Fsp3) is 0.226. The van der Waals surface area contributed by atoms with Crippen LogP contribution in [0.5, 0.6) is 0 Å². The van der Waals surface area contributed by atoms with Gasteiger partial charge >= 0.3 is 0 Å². The monoisotopic (exact) mass is 540 g/mol. The third-order valence-electron chi connectivity index (χ3n) is 6.86. The number of amides is 1. The summed E-state index contributed by atoms with van der Waals surface area (Å²) in [6, 6.07) is 17.5. The summed E-state index contributed by atoms with van der Waals surface area (Å²) in [4.78, 5) is 31.4. The van der Waals surface area contributed by atoms with E-state index in [1.54, 1.807) is 6.20 Å². The van der Waals surface area contributed by atoms with Gasteiger partial charge in [-0.3, -0.25) is 9.59 Å². The van der Waals surface area contributed by atoms with Gasteiger partial charge in [0.25, 0.3) is 11.5 Å². The molecule has 1 amide bonds. The number of aromatic amines is 1. The molecule has 1 aliphatic rings. The van der Waals surface area contributed by atoms with Crippen LogP contribution in [0.15, 0.2) is 89.1 Å². The second kappa shape index (κ2) is 11.7. The lowest BCUT2D eigenvalue weighted by Crippen LogP contribution is -2.34. The first-order chi connectivity index (χ1) is 18.9.